The van der Waals surface area contributed by atoms with Crippen LogP contribution in [0.5, 0.6) is 11.5 Å². The molecule has 0 aliphatic heterocycles. The van der Waals surface area contributed by atoms with Crippen LogP contribution in [0.25, 0.3) is 0 Å². The van der Waals surface area contributed by atoms with Gasteiger partial charge in [-0.1, -0.05) is 15.9 Å². The standard InChI is InChI=1S/C10H11BrFNO4/c1-17-10-6(14)2-4(11)8(9(10)12)5(13)3-7(15)16/h2,5,14H,3,13H2,1H3,(H,15,16). The Morgan fingerprint density at radius 2 is 2.29 bits per heavy atom. The van der Waals surface area contributed by atoms with Crippen molar-refractivity contribution in [3.63, 3.8) is 0 Å². The molecule has 1 unspecified atom stereocenters. The largest absolute Gasteiger partial charge is 0.504 e. The Labute approximate surface area is 105 Å². The molecule has 4 N–H and O–H groups in total. The first kappa shape index (κ1) is 13.7. The lowest BCUT2D eigenvalue weighted by Gasteiger charge is -2.15. The topological polar surface area (TPSA) is 92.8 Å². The Kier molecular flexibility index (Phi) is 4.30. The van der Waals surface area contributed by atoms with Crippen LogP contribution in [0.1, 0.15) is 18.0 Å². The van der Waals surface area contributed by atoms with Gasteiger partial charge >= 0.3 is 5.97 Å². The van der Waals surface area contributed by atoms with Crippen LogP contribution in [0.3, 0.4) is 0 Å². The number of aromatic hydroxyl groups is 1. The van der Waals surface area contributed by atoms with Gasteiger partial charge in [0.25, 0.3) is 0 Å². The quantitative estimate of drug-likeness (QED) is 0.788. The predicted molar refractivity (Wildman–Crippen MR) is 61.5 cm³/mol. The van der Waals surface area contributed by atoms with E-state index in [1.165, 1.54) is 13.2 Å². The molecule has 17 heavy (non-hydrogen) atoms. The summed E-state index contributed by atoms with van der Waals surface area (Å²) in [5.41, 5.74) is 5.54. The average Bonchev–Trinajstić information content (AvgIpc) is 2.15. The zero-order chi connectivity index (χ0) is 13.2. The van der Waals surface area contributed by atoms with Crippen molar-refractivity contribution in [3.8, 4) is 11.5 Å². The summed E-state index contributed by atoms with van der Waals surface area (Å²) in [5, 5.41) is 18.0. The van der Waals surface area contributed by atoms with Gasteiger partial charge in [-0.2, -0.15) is 0 Å². The molecule has 1 aromatic rings. The fourth-order valence-corrected chi connectivity index (χ4v) is 2.11. The van der Waals surface area contributed by atoms with Crippen LogP contribution in [0, 0.1) is 5.82 Å². The maximum atomic E-state index is 13.9. The van der Waals surface area contributed by atoms with Crippen molar-refractivity contribution in [1.29, 1.82) is 0 Å². The fraction of sp³-hybridized carbons (Fsp3) is 0.300. The van der Waals surface area contributed by atoms with E-state index in [0.29, 0.717) is 0 Å². The zero-order valence-corrected chi connectivity index (χ0v) is 10.5. The zero-order valence-electron chi connectivity index (χ0n) is 8.91. The van der Waals surface area contributed by atoms with Gasteiger partial charge in [0.15, 0.2) is 17.3 Å². The van der Waals surface area contributed by atoms with Crippen LogP contribution in [-0.4, -0.2) is 23.3 Å². The lowest BCUT2D eigenvalue weighted by Crippen LogP contribution is -2.17. The van der Waals surface area contributed by atoms with E-state index in [0.717, 1.165) is 0 Å². The number of hydrogen-bond donors (Lipinski definition) is 3. The highest BCUT2D eigenvalue weighted by atomic mass is 79.9. The minimum absolute atomic E-state index is 0.0398. The number of halogens is 2. The van der Waals surface area contributed by atoms with Crippen LogP contribution in [0.15, 0.2) is 10.5 Å². The first-order chi connectivity index (χ1) is 7.88. The molecule has 7 heteroatoms. The molecule has 1 rings (SSSR count). The van der Waals surface area contributed by atoms with E-state index in [-0.39, 0.29) is 21.5 Å². The Hall–Kier alpha value is -1.34. The molecule has 0 radical (unpaired) electrons. The van der Waals surface area contributed by atoms with Gasteiger partial charge in [-0.3, -0.25) is 4.79 Å². The van der Waals surface area contributed by atoms with Gasteiger partial charge in [-0.25, -0.2) is 4.39 Å². The first-order valence-corrected chi connectivity index (χ1v) is 5.40. The summed E-state index contributed by atoms with van der Waals surface area (Å²) in [6, 6.07) is 0.176. The molecule has 0 amide bonds. The van der Waals surface area contributed by atoms with E-state index in [1.54, 1.807) is 0 Å². The fourth-order valence-electron chi connectivity index (χ4n) is 1.43. The highest BCUT2D eigenvalue weighted by Crippen LogP contribution is 2.39. The predicted octanol–water partition coefficient (Wildman–Crippen LogP) is 1.78. The second kappa shape index (κ2) is 5.33. The molecular weight excluding hydrogens is 297 g/mol. The van der Waals surface area contributed by atoms with Crippen molar-refractivity contribution >= 4 is 21.9 Å². The van der Waals surface area contributed by atoms with Crippen LogP contribution in [0.2, 0.25) is 0 Å². The SMILES string of the molecule is COc1c(O)cc(Br)c(C(N)CC(=O)O)c1F. The Morgan fingerprint density at radius 1 is 1.71 bits per heavy atom. The maximum absolute atomic E-state index is 13.9. The van der Waals surface area contributed by atoms with Gasteiger partial charge in [0.2, 0.25) is 0 Å². The molecule has 0 bridgehead atoms. The number of carboxylic acid groups (broad SMARTS) is 1. The van der Waals surface area contributed by atoms with Gasteiger partial charge < -0.3 is 20.7 Å². The van der Waals surface area contributed by atoms with E-state index in [9.17, 15) is 14.3 Å². The number of phenolic OH excluding ortho intramolecular Hbond substituents is 1. The molecule has 5 nitrogen and oxygen atoms in total. The molecule has 94 valence electrons. The van der Waals surface area contributed by atoms with E-state index in [4.69, 9.17) is 10.8 Å². The number of benzene rings is 1. The second-order valence-corrected chi connectivity index (χ2v) is 4.20. The molecule has 0 spiro atoms. The van der Waals surface area contributed by atoms with Crippen molar-refractivity contribution < 1.29 is 24.1 Å². The van der Waals surface area contributed by atoms with Crippen LogP contribution >= 0.6 is 15.9 Å². The second-order valence-electron chi connectivity index (χ2n) is 3.34. The first-order valence-electron chi connectivity index (χ1n) is 4.60. The number of nitrogens with two attached hydrogens (primary N) is 1. The van der Waals surface area contributed by atoms with E-state index in [2.05, 4.69) is 20.7 Å². The number of aliphatic carboxylic acids is 1. The summed E-state index contributed by atoms with van der Waals surface area (Å²) in [5.74, 6) is -2.75. The van der Waals surface area contributed by atoms with Crippen molar-refractivity contribution in [3.05, 3.63) is 21.9 Å². The minimum atomic E-state index is -1.14. The van der Waals surface area contributed by atoms with E-state index < -0.39 is 24.2 Å². The summed E-state index contributed by atoms with van der Waals surface area (Å²) in [7, 11) is 1.19. The molecule has 0 saturated heterocycles. The normalized spacial score (nSPS) is 12.2. The highest BCUT2D eigenvalue weighted by molar-refractivity contribution is 9.10. The van der Waals surface area contributed by atoms with E-state index in [1.807, 2.05) is 0 Å². The van der Waals surface area contributed by atoms with Gasteiger partial charge in [0.1, 0.15) is 0 Å². The van der Waals surface area contributed by atoms with Crippen molar-refractivity contribution in [1.82, 2.24) is 0 Å². The number of methoxy groups -OCH3 is 1. The number of rotatable bonds is 4. The molecule has 0 saturated carbocycles. The molecule has 0 aliphatic rings. The molecule has 0 aromatic heterocycles. The lowest BCUT2D eigenvalue weighted by molar-refractivity contribution is -0.137. The van der Waals surface area contributed by atoms with Crippen molar-refractivity contribution in [2.24, 2.45) is 5.73 Å². The molecule has 0 fully saturated rings. The Morgan fingerprint density at radius 3 is 2.76 bits per heavy atom. The molecule has 1 aromatic carbocycles. The summed E-state index contributed by atoms with van der Waals surface area (Å²) >= 11 is 3.02. The Balaban J connectivity index is 3.28. The van der Waals surface area contributed by atoms with E-state index >= 15 is 0 Å². The molecule has 0 aliphatic carbocycles. The number of carbonyl (C=O) groups is 1. The van der Waals surface area contributed by atoms with Crippen LogP contribution < -0.4 is 10.5 Å². The summed E-state index contributed by atoms with van der Waals surface area (Å²) in [6.07, 6.45) is -0.427. The number of ether oxygens (including phenoxy) is 1. The van der Waals surface area contributed by atoms with Crippen molar-refractivity contribution in [2.75, 3.05) is 7.11 Å². The maximum Gasteiger partial charge on any atom is 0.305 e. The molecular formula is C10H11BrFNO4. The molecule has 0 heterocycles. The van der Waals surface area contributed by atoms with Crippen LogP contribution in [-0.2, 0) is 4.79 Å². The van der Waals surface area contributed by atoms with Gasteiger partial charge in [0.05, 0.1) is 13.5 Å². The number of carboxylic acids is 1. The summed E-state index contributed by atoms with van der Waals surface area (Å²) in [6.45, 7) is 0. The van der Waals surface area contributed by atoms with Gasteiger partial charge in [-0.05, 0) is 6.07 Å². The lowest BCUT2D eigenvalue weighted by atomic mass is 10.0. The number of phenols is 1. The van der Waals surface area contributed by atoms with Crippen LogP contribution in [0.4, 0.5) is 4.39 Å². The monoisotopic (exact) mass is 307 g/mol. The summed E-state index contributed by atoms with van der Waals surface area (Å²) < 4.78 is 18.8. The van der Waals surface area contributed by atoms with Crippen molar-refractivity contribution in [2.45, 2.75) is 12.5 Å². The van der Waals surface area contributed by atoms with Gasteiger partial charge in [0, 0.05) is 16.1 Å². The minimum Gasteiger partial charge on any atom is -0.504 e. The Bertz CT molecular complexity index is 452. The number of hydrogen-bond acceptors (Lipinski definition) is 4. The summed E-state index contributed by atoms with van der Waals surface area (Å²) in [4.78, 5) is 10.5. The highest BCUT2D eigenvalue weighted by Gasteiger charge is 2.23. The van der Waals surface area contributed by atoms with Gasteiger partial charge in [-0.15, -0.1) is 0 Å². The smallest absolute Gasteiger partial charge is 0.305 e. The molecule has 1 atom stereocenters. The third-order valence-electron chi connectivity index (χ3n) is 2.16. The third kappa shape index (κ3) is 2.86. The average molecular weight is 308 g/mol. The third-order valence-corrected chi connectivity index (χ3v) is 2.81.